The maximum Gasteiger partial charge on any atom is 0.221 e. The van der Waals surface area contributed by atoms with Crippen LogP contribution in [0.25, 0.3) is 0 Å². The Morgan fingerprint density at radius 2 is 2.06 bits per heavy atom. The van der Waals surface area contributed by atoms with Crippen LogP contribution in [0.4, 0.5) is 0 Å². The van der Waals surface area contributed by atoms with Crippen molar-refractivity contribution in [3.05, 3.63) is 12.7 Å². The fraction of sp³-hybridized carbons (Fsp3) is 0.769. The van der Waals surface area contributed by atoms with Gasteiger partial charge in [-0.1, -0.05) is 6.08 Å². The average molecular weight is 226 g/mol. The number of amides is 1. The third-order valence-electron chi connectivity index (χ3n) is 2.16. The molecule has 0 rings (SSSR count). The van der Waals surface area contributed by atoms with E-state index in [1.54, 1.807) is 0 Å². The minimum Gasteiger partial charge on any atom is -0.351 e. The molecule has 3 heteroatoms. The first-order valence-corrected chi connectivity index (χ1v) is 6.00. The van der Waals surface area contributed by atoms with E-state index in [9.17, 15) is 4.79 Å². The fourth-order valence-electron chi connectivity index (χ4n) is 1.38. The molecular formula is C13H26N2O. The molecule has 0 aliphatic rings. The van der Waals surface area contributed by atoms with Crippen LogP contribution < -0.4 is 10.6 Å². The van der Waals surface area contributed by atoms with Gasteiger partial charge in [0.25, 0.3) is 0 Å². The summed E-state index contributed by atoms with van der Waals surface area (Å²) in [5, 5.41) is 6.27. The van der Waals surface area contributed by atoms with Crippen molar-refractivity contribution in [2.75, 3.05) is 6.54 Å². The monoisotopic (exact) mass is 226 g/mol. The summed E-state index contributed by atoms with van der Waals surface area (Å²) in [4.78, 5) is 11.5. The van der Waals surface area contributed by atoms with Crippen LogP contribution in [0.15, 0.2) is 12.7 Å². The van der Waals surface area contributed by atoms with E-state index in [-0.39, 0.29) is 11.4 Å². The Morgan fingerprint density at radius 1 is 1.44 bits per heavy atom. The van der Waals surface area contributed by atoms with Gasteiger partial charge in [-0.05, 0) is 40.5 Å². The van der Waals surface area contributed by atoms with Crippen LogP contribution in [0.3, 0.4) is 0 Å². The minimum absolute atomic E-state index is 0.107. The first kappa shape index (κ1) is 15.2. The molecule has 0 saturated heterocycles. The quantitative estimate of drug-likeness (QED) is 0.654. The normalized spacial score (nSPS) is 13.2. The van der Waals surface area contributed by atoms with Crippen molar-refractivity contribution in [3.63, 3.8) is 0 Å². The van der Waals surface area contributed by atoms with Gasteiger partial charge in [-0.25, -0.2) is 0 Å². The maximum absolute atomic E-state index is 11.5. The zero-order valence-corrected chi connectivity index (χ0v) is 11.1. The Hall–Kier alpha value is -0.830. The van der Waals surface area contributed by atoms with E-state index >= 15 is 0 Å². The van der Waals surface area contributed by atoms with Crippen molar-refractivity contribution in [1.82, 2.24) is 10.6 Å². The summed E-state index contributed by atoms with van der Waals surface area (Å²) in [7, 11) is 0. The molecule has 0 bridgehead atoms. The van der Waals surface area contributed by atoms with E-state index < -0.39 is 0 Å². The van der Waals surface area contributed by atoms with Crippen molar-refractivity contribution in [2.45, 2.75) is 58.5 Å². The van der Waals surface area contributed by atoms with Crippen molar-refractivity contribution in [2.24, 2.45) is 0 Å². The van der Waals surface area contributed by atoms with Crippen LogP contribution in [0.5, 0.6) is 0 Å². The van der Waals surface area contributed by atoms with Gasteiger partial charge in [0.05, 0.1) is 0 Å². The topological polar surface area (TPSA) is 41.1 Å². The van der Waals surface area contributed by atoms with Gasteiger partial charge in [0.1, 0.15) is 0 Å². The molecule has 0 saturated carbocycles. The fourth-order valence-corrected chi connectivity index (χ4v) is 1.38. The molecule has 0 heterocycles. The van der Waals surface area contributed by atoms with Crippen molar-refractivity contribution < 1.29 is 4.79 Å². The smallest absolute Gasteiger partial charge is 0.221 e. The van der Waals surface area contributed by atoms with E-state index in [2.05, 4.69) is 24.1 Å². The standard InChI is InChI=1S/C13H26N2O/c1-6-7-8-11(2)14-10-9-12(16)15-13(3,4)5/h6,11,14H,1,7-10H2,2-5H3,(H,15,16). The van der Waals surface area contributed by atoms with E-state index in [1.165, 1.54) is 0 Å². The van der Waals surface area contributed by atoms with Crippen LogP contribution in [0.2, 0.25) is 0 Å². The van der Waals surface area contributed by atoms with Gasteiger partial charge < -0.3 is 10.6 Å². The van der Waals surface area contributed by atoms with Crippen LogP contribution >= 0.6 is 0 Å². The van der Waals surface area contributed by atoms with Gasteiger partial charge >= 0.3 is 0 Å². The zero-order valence-electron chi connectivity index (χ0n) is 11.1. The second kappa shape index (κ2) is 7.44. The van der Waals surface area contributed by atoms with Crippen LogP contribution in [-0.4, -0.2) is 24.0 Å². The van der Waals surface area contributed by atoms with Gasteiger partial charge in [0, 0.05) is 24.5 Å². The number of carbonyl (C=O) groups excluding carboxylic acids is 1. The molecule has 1 amide bonds. The van der Waals surface area contributed by atoms with Crippen LogP contribution in [-0.2, 0) is 4.79 Å². The Kier molecular flexibility index (Phi) is 7.06. The lowest BCUT2D eigenvalue weighted by atomic mass is 10.1. The molecule has 94 valence electrons. The molecule has 1 atom stereocenters. The molecule has 0 radical (unpaired) electrons. The van der Waals surface area contributed by atoms with Gasteiger partial charge in [0.15, 0.2) is 0 Å². The number of rotatable bonds is 7. The highest BCUT2D eigenvalue weighted by atomic mass is 16.1. The molecule has 0 aliphatic carbocycles. The number of carbonyl (C=O) groups is 1. The van der Waals surface area contributed by atoms with Gasteiger partial charge in [-0.3, -0.25) is 4.79 Å². The SMILES string of the molecule is C=CCCC(C)NCCC(=O)NC(C)(C)C. The zero-order chi connectivity index (χ0) is 12.6. The van der Waals surface area contributed by atoms with Crippen LogP contribution in [0.1, 0.15) is 47.0 Å². The summed E-state index contributed by atoms with van der Waals surface area (Å²) in [5.74, 6) is 0.107. The summed E-state index contributed by atoms with van der Waals surface area (Å²) in [6.45, 7) is 12.5. The Morgan fingerprint density at radius 3 is 2.56 bits per heavy atom. The number of hydrogen-bond acceptors (Lipinski definition) is 2. The van der Waals surface area contributed by atoms with E-state index in [0.29, 0.717) is 12.5 Å². The molecule has 0 aromatic heterocycles. The molecule has 0 aromatic carbocycles. The van der Waals surface area contributed by atoms with Gasteiger partial charge in [-0.15, -0.1) is 6.58 Å². The van der Waals surface area contributed by atoms with Crippen molar-refractivity contribution in [3.8, 4) is 0 Å². The summed E-state index contributed by atoms with van der Waals surface area (Å²) in [5.41, 5.74) is -0.133. The van der Waals surface area contributed by atoms with E-state index in [1.807, 2.05) is 26.8 Å². The van der Waals surface area contributed by atoms with Crippen molar-refractivity contribution >= 4 is 5.91 Å². The molecule has 3 nitrogen and oxygen atoms in total. The number of hydrogen-bond donors (Lipinski definition) is 2. The van der Waals surface area contributed by atoms with Gasteiger partial charge in [-0.2, -0.15) is 0 Å². The van der Waals surface area contributed by atoms with Gasteiger partial charge in [0.2, 0.25) is 5.91 Å². The molecular weight excluding hydrogens is 200 g/mol. The summed E-state index contributed by atoms with van der Waals surface area (Å²) < 4.78 is 0. The molecule has 0 aliphatic heterocycles. The lowest BCUT2D eigenvalue weighted by Gasteiger charge is -2.21. The first-order chi connectivity index (χ1) is 7.35. The Labute approximate surface area is 99.7 Å². The molecule has 2 N–H and O–H groups in total. The highest BCUT2D eigenvalue weighted by Gasteiger charge is 2.13. The lowest BCUT2D eigenvalue weighted by molar-refractivity contribution is -0.122. The second-order valence-electron chi connectivity index (χ2n) is 5.27. The summed E-state index contributed by atoms with van der Waals surface area (Å²) in [6, 6.07) is 0.445. The molecule has 0 fully saturated rings. The van der Waals surface area contributed by atoms with Crippen molar-refractivity contribution in [1.29, 1.82) is 0 Å². The largest absolute Gasteiger partial charge is 0.351 e. The molecule has 0 aromatic rings. The molecule has 0 spiro atoms. The lowest BCUT2D eigenvalue weighted by Crippen LogP contribution is -2.42. The Balaban J connectivity index is 3.58. The summed E-state index contributed by atoms with van der Waals surface area (Å²) >= 11 is 0. The Bertz CT molecular complexity index is 218. The predicted octanol–water partition coefficient (Wildman–Crippen LogP) is 2.24. The molecule has 1 unspecified atom stereocenters. The predicted molar refractivity (Wildman–Crippen MR) is 69.4 cm³/mol. The van der Waals surface area contributed by atoms with Crippen LogP contribution in [0, 0.1) is 0 Å². The van der Waals surface area contributed by atoms with E-state index in [4.69, 9.17) is 0 Å². The third kappa shape index (κ3) is 9.71. The minimum atomic E-state index is -0.133. The maximum atomic E-state index is 11.5. The third-order valence-corrected chi connectivity index (χ3v) is 2.16. The molecule has 16 heavy (non-hydrogen) atoms. The first-order valence-electron chi connectivity index (χ1n) is 6.00. The highest BCUT2D eigenvalue weighted by molar-refractivity contribution is 5.76. The average Bonchev–Trinajstić information content (AvgIpc) is 2.11. The van der Waals surface area contributed by atoms with E-state index in [0.717, 1.165) is 19.4 Å². The summed E-state index contributed by atoms with van der Waals surface area (Å²) in [6.07, 6.45) is 4.55. The second-order valence-corrected chi connectivity index (χ2v) is 5.27. The highest BCUT2D eigenvalue weighted by Crippen LogP contribution is 1.99. The number of nitrogens with one attached hydrogen (secondary N) is 2. The number of allylic oxidation sites excluding steroid dienone is 1.